The van der Waals surface area contributed by atoms with Crippen LogP contribution in [0.4, 0.5) is 0 Å². The molecule has 0 bridgehead atoms. The van der Waals surface area contributed by atoms with E-state index in [-0.39, 0.29) is 12.1 Å². The van der Waals surface area contributed by atoms with E-state index in [9.17, 15) is 0 Å². The number of hydrogen-bond acceptors (Lipinski definition) is 4. The van der Waals surface area contributed by atoms with Crippen LogP contribution in [0.1, 0.15) is 36.2 Å². The van der Waals surface area contributed by atoms with Crippen LogP contribution < -0.4 is 5.73 Å². The molecule has 2 atom stereocenters. The Labute approximate surface area is 124 Å². The van der Waals surface area contributed by atoms with Crippen molar-refractivity contribution in [3.63, 3.8) is 0 Å². The smallest absolute Gasteiger partial charge is 0.0504 e. The zero-order valence-corrected chi connectivity index (χ0v) is 12.6. The molecule has 1 fully saturated rings. The lowest BCUT2D eigenvalue weighted by molar-refractivity contribution is 0.159. The van der Waals surface area contributed by atoms with Crippen molar-refractivity contribution >= 4 is 11.3 Å². The Bertz CT molecular complexity index is 520. The lowest BCUT2D eigenvalue weighted by Gasteiger charge is -2.34. The summed E-state index contributed by atoms with van der Waals surface area (Å²) < 4.78 is 0. The second-order valence-electron chi connectivity index (χ2n) is 5.57. The van der Waals surface area contributed by atoms with Crippen molar-refractivity contribution in [2.75, 3.05) is 0 Å². The first kappa shape index (κ1) is 13.7. The first-order chi connectivity index (χ1) is 9.75. The van der Waals surface area contributed by atoms with E-state index in [1.165, 1.54) is 23.3 Å². The predicted molar refractivity (Wildman–Crippen MR) is 83.5 cm³/mol. The molecule has 1 aliphatic rings. The second-order valence-corrected chi connectivity index (χ2v) is 6.60. The van der Waals surface area contributed by atoms with Gasteiger partial charge in [-0.3, -0.25) is 9.88 Å². The van der Waals surface area contributed by atoms with Crippen LogP contribution in [0, 0.1) is 0 Å². The number of nitrogens with two attached hydrogens (primary N) is 1. The molecule has 1 aliphatic carbocycles. The maximum absolute atomic E-state index is 6.31. The van der Waals surface area contributed by atoms with E-state index in [2.05, 4.69) is 46.5 Å². The Hall–Kier alpha value is -1.23. The highest BCUT2D eigenvalue weighted by molar-refractivity contribution is 7.09. The first-order valence-electron chi connectivity index (χ1n) is 7.19. The van der Waals surface area contributed by atoms with E-state index in [0.29, 0.717) is 6.04 Å². The average molecular weight is 287 g/mol. The highest BCUT2D eigenvalue weighted by Gasteiger charge is 2.36. The van der Waals surface area contributed by atoms with E-state index in [4.69, 9.17) is 5.73 Å². The van der Waals surface area contributed by atoms with Crippen LogP contribution in [0.5, 0.6) is 0 Å². The van der Waals surface area contributed by atoms with Gasteiger partial charge in [-0.1, -0.05) is 6.07 Å². The SMILES string of the molecule is CC(N)C(c1ccncc1)N(Cc1cccs1)C1CC1. The van der Waals surface area contributed by atoms with Gasteiger partial charge in [0.05, 0.1) is 6.04 Å². The van der Waals surface area contributed by atoms with E-state index in [1.807, 2.05) is 23.7 Å². The molecule has 1 saturated carbocycles. The van der Waals surface area contributed by atoms with E-state index >= 15 is 0 Å². The van der Waals surface area contributed by atoms with Crippen LogP contribution in [0.25, 0.3) is 0 Å². The van der Waals surface area contributed by atoms with Crippen LogP contribution in [0.15, 0.2) is 42.0 Å². The summed E-state index contributed by atoms with van der Waals surface area (Å²) in [5.41, 5.74) is 7.58. The van der Waals surface area contributed by atoms with Crippen molar-refractivity contribution in [2.24, 2.45) is 5.73 Å². The van der Waals surface area contributed by atoms with Crippen molar-refractivity contribution in [1.82, 2.24) is 9.88 Å². The zero-order valence-electron chi connectivity index (χ0n) is 11.8. The van der Waals surface area contributed by atoms with Crippen molar-refractivity contribution in [3.05, 3.63) is 52.5 Å². The molecule has 0 aliphatic heterocycles. The molecule has 2 N–H and O–H groups in total. The minimum Gasteiger partial charge on any atom is -0.326 e. The highest BCUT2D eigenvalue weighted by Crippen LogP contribution is 2.37. The van der Waals surface area contributed by atoms with Gasteiger partial charge in [0.2, 0.25) is 0 Å². The monoisotopic (exact) mass is 287 g/mol. The molecular formula is C16H21N3S. The van der Waals surface area contributed by atoms with Gasteiger partial charge < -0.3 is 5.73 Å². The Morgan fingerprint density at radius 2 is 2.10 bits per heavy atom. The molecule has 3 rings (SSSR count). The van der Waals surface area contributed by atoms with E-state index in [0.717, 1.165) is 6.54 Å². The van der Waals surface area contributed by atoms with Crippen LogP contribution in [0.3, 0.4) is 0 Å². The lowest BCUT2D eigenvalue weighted by Crippen LogP contribution is -2.40. The van der Waals surface area contributed by atoms with Crippen LogP contribution >= 0.6 is 11.3 Å². The minimum atomic E-state index is 0.109. The topological polar surface area (TPSA) is 42.1 Å². The van der Waals surface area contributed by atoms with Crippen molar-refractivity contribution in [1.29, 1.82) is 0 Å². The van der Waals surface area contributed by atoms with Crippen LogP contribution in [-0.4, -0.2) is 22.0 Å². The minimum absolute atomic E-state index is 0.109. The normalized spacial score (nSPS) is 18.1. The molecule has 0 saturated heterocycles. The molecule has 2 aromatic heterocycles. The molecule has 106 valence electrons. The Morgan fingerprint density at radius 3 is 2.65 bits per heavy atom. The molecule has 0 spiro atoms. The summed E-state index contributed by atoms with van der Waals surface area (Å²) in [6.07, 6.45) is 6.31. The molecule has 2 unspecified atom stereocenters. The van der Waals surface area contributed by atoms with Crippen LogP contribution in [-0.2, 0) is 6.54 Å². The summed E-state index contributed by atoms with van der Waals surface area (Å²) in [6.45, 7) is 3.10. The van der Waals surface area contributed by atoms with Gasteiger partial charge in [-0.05, 0) is 48.9 Å². The molecular weight excluding hydrogens is 266 g/mol. The number of thiophene rings is 1. The summed E-state index contributed by atoms with van der Waals surface area (Å²) in [5, 5.41) is 2.15. The Morgan fingerprint density at radius 1 is 1.35 bits per heavy atom. The van der Waals surface area contributed by atoms with Gasteiger partial charge >= 0.3 is 0 Å². The molecule has 4 heteroatoms. The first-order valence-corrected chi connectivity index (χ1v) is 8.07. The van der Waals surface area contributed by atoms with Crippen molar-refractivity contribution in [2.45, 2.75) is 44.4 Å². The molecule has 3 nitrogen and oxygen atoms in total. The average Bonchev–Trinajstić information content (AvgIpc) is 3.17. The van der Waals surface area contributed by atoms with Gasteiger partial charge in [-0.2, -0.15) is 0 Å². The van der Waals surface area contributed by atoms with Crippen molar-refractivity contribution in [3.8, 4) is 0 Å². The summed E-state index contributed by atoms with van der Waals surface area (Å²) >= 11 is 1.83. The summed E-state index contributed by atoms with van der Waals surface area (Å²) in [7, 11) is 0. The van der Waals surface area contributed by atoms with E-state index < -0.39 is 0 Å². The Balaban J connectivity index is 1.86. The second kappa shape index (κ2) is 6.04. The third kappa shape index (κ3) is 3.08. The molecule has 0 amide bonds. The predicted octanol–water partition coefficient (Wildman–Crippen LogP) is 3.20. The fraction of sp³-hybridized carbons (Fsp3) is 0.438. The Kier molecular flexibility index (Phi) is 4.15. The summed E-state index contributed by atoms with van der Waals surface area (Å²) in [5.74, 6) is 0. The highest BCUT2D eigenvalue weighted by atomic mass is 32.1. The number of aromatic nitrogens is 1. The maximum atomic E-state index is 6.31. The fourth-order valence-electron chi connectivity index (χ4n) is 2.80. The van der Waals surface area contributed by atoms with E-state index in [1.54, 1.807) is 0 Å². The van der Waals surface area contributed by atoms with Gasteiger partial charge in [0.15, 0.2) is 0 Å². The molecule has 2 aromatic rings. The van der Waals surface area contributed by atoms with Gasteiger partial charge in [0.25, 0.3) is 0 Å². The number of rotatable bonds is 6. The van der Waals surface area contributed by atoms with Gasteiger partial charge in [0, 0.05) is 35.9 Å². The zero-order chi connectivity index (χ0) is 13.9. The van der Waals surface area contributed by atoms with Gasteiger partial charge in [-0.15, -0.1) is 11.3 Å². The number of nitrogens with zero attached hydrogens (tertiary/aromatic N) is 2. The van der Waals surface area contributed by atoms with Crippen LogP contribution in [0.2, 0.25) is 0 Å². The fourth-order valence-corrected chi connectivity index (χ4v) is 3.51. The summed E-state index contributed by atoms with van der Waals surface area (Å²) in [4.78, 5) is 8.11. The molecule has 0 aromatic carbocycles. The standard InChI is InChI=1S/C16H21N3S/c1-12(17)16(13-6-8-18-9-7-13)19(14-4-5-14)11-15-3-2-10-20-15/h2-3,6-10,12,14,16H,4-5,11,17H2,1H3. The van der Waals surface area contributed by atoms with Gasteiger partial charge in [0.1, 0.15) is 0 Å². The third-order valence-electron chi connectivity index (χ3n) is 3.84. The number of pyridine rings is 1. The summed E-state index contributed by atoms with van der Waals surface area (Å²) in [6, 6.07) is 9.59. The van der Waals surface area contributed by atoms with Gasteiger partial charge in [-0.25, -0.2) is 0 Å². The molecule has 20 heavy (non-hydrogen) atoms. The number of hydrogen-bond donors (Lipinski definition) is 1. The third-order valence-corrected chi connectivity index (χ3v) is 4.70. The molecule has 0 radical (unpaired) electrons. The largest absolute Gasteiger partial charge is 0.326 e. The maximum Gasteiger partial charge on any atom is 0.0504 e. The van der Waals surface area contributed by atoms with Crippen molar-refractivity contribution < 1.29 is 0 Å². The molecule has 2 heterocycles. The lowest BCUT2D eigenvalue weighted by atomic mass is 10.00. The quantitative estimate of drug-likeness (QED) is 0.887.